The highest BCUT2D eigenvalue weighted by Crippen LogP contribution is 2.28. The van der Waals surface area contributed by atoms with Crippen LogP contribution in [0.2, 0.25) is 0 Å². The molecular formula is C11H15F2N3. The van der Waals surface area contributed by atoms with Gasteiger partial charge in [0, 0.05) is 25.2 Å². The van der Waals surface area contributed by atoms with Gasteiger partial charge in [0.05, 0.1) is 5.69 Å². The third kappa shape index (κ3) is 2.23. The number of piperidine rings is 1. The van der Waals surface area contributed by atoms with Crippen LogP contribution in [0.3, 0.4) is 0 Å². The largest absolute Gasteiger partial charge is 0.396 e. The van der Waals surface area contributed by atoms with Crippen molar-refractivity contribution in [2.24, 2.45) is 5.92 Å². The molecule has 1 saturated heterocycles. The highest BCUT2D eigenvalue weighted by atomic mass is 19.3. The van der Waals surface area contributed by atoms with Crippen LogP contribution in [0.15, 0.2) is 18.3 Å². The lowest BCUT2D eigenvalue weighted by atomic mass is 9.97. The van der Waals surface area contributed by atoms with E-state index in [0.29, 0.717) is 31.6 Å². The highest BCUT2D eigenvalue weighted by molar-refractivity contribution is 5.62. The molecule has 1 fully saturated rings. The van der Waals surface area contributed by atoms with Gasteiger partial charge in [0.25, 0.3) is 0 Å². The van der Waals surface area contributed by atoms with E-state index in [9.17, 15) is 8.78 Å². The van der Waals surface area contributed by atoms with Crippen LogP contribution < -0.4 is 10.6 Å². The van der Waals surface area contributed by atoms with Crippen LogP contribution in [0.4, 0.5) is 20.3 Å². The molecule has 2 rings (SSSR count). The van der Waals surface area contributed by atoms with Crippen LogP contribution in [0.1, 0.15) is 12.8 Å². The standard InChI is InChI=1S/C11H15F2N3/c12-10(13)8-3-6-16(7-4-8)11-9(14)2-1-5-15-11/h1-2,5,8,10H,3-4,6-7,14H2. The Morgan fingerprint density at radius 2 is 2.06 bits per heavy atom. The smallest absolute Gasteiger partial charge is 0.241 e. The topological polar surface area (TPSA) is 42.1 Å². The second-order valence-corrected chi connectivity index (χ2v) is 4.08. The number of aromatic nitrogens is 1. The van der Waals surface area contributed by atoms with Crippen molar-refractivity contribution >= 4 is 11.5 Å². The van der Waals surface area contributed by atoms with Crippen molar-refractivity contribution in [3.63, 3.8) is 0 Å². The lowest BCUT2D eigenvalue weighted by Gasteiger charge is -2.32. The van der Waals surface area contributed by atoms with Crippen LogP contribution in [0, 0.1) is 5.92 Å². The minimum atomic E-state index is -2.21. The Labute approximate surface area is 93.3 Å². The Kier molecular flexibility index (Phi) is 3.22. The van der Waals surface area contributed by atoms with Gasteiger partial charge in [-0.15, -0.1) is 0 Å². The number of halogens is 2. The predicted octanol–water partition coefficient (Wildman–Crippen LogP) is 2.15. The van der Waals surface area contributed by atoms with Crippen LogP contribution in [-0.2, 0) is 0 Å². The summed E-state index contributed by atoms with van der Waals surface area (Å²) >= 11 is 0. The van der Waals surface area contributed by atoms with E-state index in [2.05, 4.69) is 4.98 Å². The molecule has 0 bridgehead atoms. The van der Waals surface area contributed by atoms with E-state index in [4.69, 9.17) is 5.73 Å². The second-order valence-electron chi connectivity index (χ2n) is 4.08. The molecule has 1 aromatic rings. The first-order valence-corrected chi connectivity index (χ1v) is 5.42. The normalized spacial score (nSPS) is 18.1. The molecule has 0 atom stereocenters. The summed E-state index contributed by atoms with van der Waals surface area (Å²) in [6, 6.07) is 3.55. The number of hydrogen-bond donors (Lipinski definition) is 1. The molecule has 1 aliphatic heterocycles. The van der Waals surface area contributed by atoms with E-state index in [1.807, 2.05) is 4.90 Å². The van der Waals surface area contributed by atoms with Crippen molar-refractivity contribution in [1.82, 2.24) is 4.98 Å². The number of nitrogens with zero attached hydrogens (tertiary/aromatic N) is 2. The van der Waals surface area contributed by atoms with Gasteiger partial charge in [-0.2, -0.15) is 0 Å². The Morgan fingerprint density at radius 3 is 2.62 bits per heavy atom. The number of hydrogen-bond acceptors (Lipinski definition) is 3. The molecule has 0 amide bonds. The zero-order valence-corrected chi connectivity index (χ0v) is 8.94. The van der Waals surface area contributed by atoms with Gasteiger partial charge in [-0.25, -0.2) is 13.8 Å². The summed E-state index contributed by atoms with van der Waals surface area (Å²) in [4.78, 5) is 6.17. The molecular weight excluding hydrogens is 212 g/mol. The van der Waals surface area contributed by atoms with Crippen LogP contribution >= 0.6 is 0 Å². The van der Waals surface area contributed by atoms with E-state index in [1.165, 1.54) is 0 Å². The molecule has 0 unspecified atom stereocenters. The molecule has 3 nitrogen and oxygen atoms in total. The molecule has 1 aliphatic rings. The van der Waals surface area contributed by atoms with Crippen molar-refractivity contribution in [2.45, 2.75) is 19.3 Å². The lowest BCUT2D eigenvalue weighted by Crippen LogP contribution is -2.36. The maximum absolute atomic E-state index is 12.5. The van der Waals surface area contributed by atoms with Gasteiger partial charge in [0.2, 0.25) is 6.43 Å². The third-order valence-electron chi connectivity index (χ3n) is 3.01. The van der Waals surface area contributed by atoms with Crippen LogP contribution in [0.25, 0.3) is 0 Å². The zero-order chi connectivity index (χ0) is 11.5. The fraction of sp³-hybridized carbons (Fsp3) is 0.545. The maximum Gasteiger partial charge on any atom is 0.241 e. The summed E-state index contributed by atoms with van der Waals surface area (Å²) in [7, 11) is 0. The van der Waals surface area contributed by atoms with Crippen LogP contribution in [-0.4, -0.2) is 24.5 Å². The van der Waals surface area contributed by atoms with Crippen molar-refractivity contribution in [3.05, 3.63) is 18.3 Å². The van der Waals surface area contributed by atoms with Crippen molar-refractivity contribution < 1.29 is 8.78 Å². The molecule has 2 heterocycles. The minimum absolute atomic E-state index is 0.471. The molecule has 0 aromatic carbocycles. The first-order chi connectivity index (χ1) is 7.68. The number of rotatable bonds is 2. The van der Waals surface area contributed by atoms with E-state index >= 15 is 0 Å². The van der Waals surface area contributed by atoms with Gasteiger partial charge < -0.3 is 10.6 Å². The first-order valence-electron chi connectivity index (χ1n) is 5.42. The fourth-order valence-electron chi connectivity index (χ4n) is 2.04. The van der Waals surface area contributed by atoms with Crippen molar-refractivity contribution in [2.75, 3.05) is 23.7 Å². The molecule has 0 radical (unpaired) electrons. The van der Waals surface area contributed by atoms with E-state index in [0.717, 1.165) is 5.82 Å². The lowest BCUT2D eigenvalue weighted by molar-refractivity contribution is 0.0635. The van der Waals surface area contributed by atoms with Gasteiger partial charge in [0.15, 0.2) is 5.82 Å². The molecule has 0 saturated carbocycles. The summed E-state index contributed by atoms with van der Waals surface area (Å²) in [6.45, 7) is 1.21. The Balaban J connectivity index is 2.02. The van der Waals surface area contributed by atoms with Crippen LogP contribution in [0.5, 0.6) is 0 Å². The quantitative estimate of drug-likeness (QED) is 0.841. The number of pyridine rings is 1. The minimum Gasteiger partial charge on any atom is -0.396 e. The second kappa shape index (κ2) is 4.63. The van der Waals surface area contributed by atoms with Gasteiger partial charge in [-0.3, -0.25) is 0 Å². The zero-order valence-electron chi connectivity index (χ0n) is 8.94. The molecule has 0 spiro atoms. The first kappa shape index (κ1) is 11.1. The maximum atomic E-state index is 12.5. The van der Waals surface area contributed by atoms with E-state index in [1.54, 1.807) is 18.3 Å². The predicted molar refractivity (Wildman–Crippen MR) is 59.6 cm³/mol. The molecule has 88 valence electrons. The summed E-state index contributed by atoms with van der Waals surface area (Å²) in [5.41, 5.74) is 6.40. The number of anilines is 2. The summed E-state index contributed by atoms with van der Waals surface area (Å²) < 4.78 is 24.9. The third-order valence-corrected chi connectivity index (χ3v) is 3.01. The van der Waals surface area contributed by atoms with E-state index < -0.39 is 12.3 Å². The Hall–Kier alpha value is -1.39. The van der Waals surface area contributed by atoms with Gasteiger partial charge >= 0.3 is 0 Å². The summed E-state index contributed by atoms with van der Waals surface area (Å²) in [5.74, 6) is 0.247. The molecule has 16 heavy (non-hydrogen) atoms. The molecule has 5 heteroatoms. The Bertz CT molecular complexity index is 349. The molecule has 0 aliphatic carbocycles. The summed E-state index contributed by atoms with van der Waals surface area (Å²) in [5, 5.41) is 0. The van der Waals surface area contributed by atoms with Crippen molar-refractivity contribution in [1.29, 1.82) is 0 Å². The number of nitrogens with two attached hydrogens (primary N) is 1. The number of nitrogen functional groups attached to an aromatic ring is 1. The molecule has 1 aromatic heterocycles. The summed E-state index contributed by atoms with van der Waals surface area (Å²) in [6.07, 6.45) is 0.481. The average molecular weight is 227 g/mol. The number of alkyl halides is 2. The van der Waals surface area contributed by atoms with Gasteiger partial charge in [-0.1, -0.05) is 0 Å². The van der Waals surface area contributed by atoms with Crippen molar-refractivity contribution in [3.8, 4) is 0 Å². The SMILES string of the molecule is Nc1cccnc1N1CCC(C(F)F)CC1. The fourth-order valence-corrected chi connectivity index (χ4v) is 2.04. The highest BCUT2D eigenvalue weighted by Gasteiger charge is 2.27. The average Bonchev–Trinajstić information content (AvgIpc) is 2.30. The van der Waals surface area contributed by atoms with Gasteiger partial charge in [-0.05, 0) is 25.0 Å². The monoisotopic (exact) mass is 227 g/mol. The van der Waals surface area contributed by atoms with E-state index in [-0.39, 0.29) is 0 Å². The Morgan fingerprint density at radius 1 is 1.38 bits per heavy atom. The molecule has 2 N–H and O–H groups in total. The van der Waals surface area contributed by atoms with Gasteiger partial charge in [0.1, 0.15) is 0 Å².